The molecule has 2 saturated heterocycles. The fourth-order valence-electron chi connectivity index (χ4n) is 11.8. The number of carbonyl (C=O) groups is 8. The number of benzene rings is 2. The van der Waals surface area contributed by atoms with Crippen molar-refractivity contribution in [2.75, 3.05) is 39.7 Å². The molecule has 3 fully saturated rings. The maximum atomic E-state index is 14.5. The number of likely N-dealkylation sites (tertiary alicyclic amines) is 1. The van der Waals surface area contributed by atoms with Crippen LogP contribution in [0.5, 0.6) is 0 Å². The summed E-state index contributed by atoms with van der Waals surface area (Å²) < 4.78 is 12.2. The SMILES string of the molecule is CC[C@H](C)[C@@H]([C@@H](CC(=O)N1CCC[C@H]1[C@H](OC)[C@@H](C)C(=O)N[C@@H](Cc1ccccc1)C(=O)Nc1ccc(CNC(=O)CCCCCN2C(=O)C=CC2=O)cc1)OC)N(C)C(=O)[C@@H](NC(=O)[C@H]1N[C@H]2CC[C@H]1[C@@H]2C)C(C)C. The lowest BCUT2D eigenvalue weighted by Crippen LogP contribution is -2.60. The first-order valence-corrected chi connectivity index (χ1v) is 27.6. The number of unbranched alkanes of at least 4 members (excludes halogenated alkanes) is 2. The molecule has 0 unspecified atom stereocenters. The molecule has 5 N–H and O–H groups in total. The minimum atomic E-state index is -0.968. The summed E-state index contributed by atoms with van der Waals surface area (Å²) >= 11 is 0. The first-order chi connectivity index (χ1) is 36.4. The number of nitrogens with one attached hydrogen (secondary N) is 5. The van der Waals surface area contributed by atoms with Gasteiger partial charge in [0.15, 0.2) is 0 Å². The highest BCUT2D eigenvalue weighted by atomic mass is 16.5. The highest BCUT2D eigenvalue weighted by Crippen LogP contribution is 2.40. The number of fused-ring (bicyclic) bond motifs is 2. The van der Waals surface area contributed by atoms with Crippen LogP contribution in [0.3, 0.4) is 0 Å². The molecule has 0 aromatic heterocycles. The summed E-state index contributed by atoms with van der Waals surface area (Å²) in [5.41, 5.74) is 2.17. The van der Waals surface area contributed by atoms with E-state index in [2.05, 4.69) is 33.5 Å². The molecule has 1 aliphatic carbocycles. The summed E-state index contributed by atoms with van der Waals surface area (Å²) in [6.45, 7) is 12.9. The van der Waals surface area contributed by atoms with Gasteiger partial charge in [0, 0.05) is 77.6 Å². The zero-order valence-corrected chi connectivity index (χ0v) is 46.2. The van der Waals surface area contributed by atoms with Gasteiger partial charge in [0.2, 0.25) is 35.4 Å². The van der Waals surface area contributed by atoms with Gasteiger partial charge in [-0.1, -0.05) is 96.8 Å². The van der Waals surface area contributed by atoms with Crippen molar-refractivity contribution < 1.29 is 47.8 Å². The van der Waals surface area contributed by atoms with Crippen molar-refractivity contribution in [3.63, 3.8) is 0 Å². The Kier molecular flexibility index (Phi) is 21.7. The zero-order valence-electron chi connectivity index (χ0n) is 46.2. The van der Waals surface area contributed by atoms with Gasteiger partial charge in [0.25, 0.3) is 11.8 Å². The van der Waals surface area contributed by atoms with Crippen molar-refractivity contribution >= 4 is 52.9 Å². The molecule has 416 valence electrons. The van der Waals surface area contributed by atoms with Crippen LogP contribution in [0.4, 0.5) is 5.69 Å². The highest BCUT2D eigenvalue weighted by Gasteiger charge is 2.49. The van der Waals surface area contributed by atoms with Crippen molar-refractivity contribution in [1.29, 1.82) is 0 Å². The fourth-order valence-corrected chi connectivity index (χ4v) is 11.8. The largest absolute Gasteiger partial charge is 0.379 e. The van der Waals surface area contributed by atoms with Gasteiger partial charge >= 0.3 is 0 Å². The minimum absolute atomic E-state index is 0.0219. The second kappa shape index (κ2) is 27.9. The molecule has 12 atom stereocenters. The molecule has 8 amide bonds. The topological polar surface area (TPSA) is 225 Å². The molecule has 18 heteroatoms. The Morgan fingerprint density at radius 3 is 2.13 bits per heavy atom. The first kappa shape index (κ1) is 59.3. The van der Waals surface area contributed by atoms with E-state index in [0.29, 0.717) is 75.7 Å². The number of carbonyl (C=O) groups excluding carboxylic acids is 8. The number of rotatable bonds is 28. The van der Waals surface area contributed by atoms with Gasteiger partial charge in [-0.25, -0.2) is 0 Å². The minimum Gasteiger partial charge on any atom is -0.379 e. The Hall–Kier alpha value is -5.98. The molecule has 3 aliphatic heterocycles. The molecule has 0 radical (unpaired) electrons. The van der Waals surface area contributed by atoms with Gasteiger partial charge in [-0.05, 0) is 85.5 Å². The quantitative estimate of drug-likeness (QED) is 0.0570. The average molecular weight is 1050 g/mol. The molecular formula is C58H84N8O10. The third kappa shape index (κ3) is 14.9. The van der Waals surface area contributed by atoms with Gasteiger partial charge in [-0.2, -0.15) is 0 Å². The van der Waals surface area contributed by atoms with E-state index in [0.717, 1.165) is 24.0 Å². The van der Waals surface area contributed by atoms with E-state index in [1.54, 1.807) is 55.1 Å². The van der Waals surface area contributed by atoms with Gasteiger partial charge in [0.05, 0.1) is 42.7 Å². The van der Waals surface area contributed by atoms with E-state index >= 15 is 0 Å². The molecular weight excluding hydrogens is 969 g/mol. The van der Waals surface area contributed by atoms with Crippen LogP contribution in [0.2, 0.25) is 0 Å². The lowest BCUT2D eigenvalue weighted by molar-refractivity contribution is -0.148. The van der Waals surface area contributed by atoms with Crippen molar-refractivity contribution in [2.24, 2.45) is 29.6 Å². The summed E-state index contributed by atoms with van der Waals surface area (Å²) in [6, 6.07) is 13.8. The van der Waals surface area contributed by atoms with Crippen LogP contribution in [0.15, 0.2) is 66.7 Å². The number of piperidine rings is 1. The Morgan fingerprint density at radius 1 is 0.829 bits per heavy atom. The lowest BCUT2D eigenvalue weighted by atomic mass is 9.89. The maximum Gasteiger partial charge on any atom is 0.253 e. The Morgan fingerprint density at radius 2 is 1.53 bits per heavy atom. The normalized spacial score (nSPS) is 22.7. The molecule has 0 spiro atoms. The van der Waals surface area contributed by atoms with E-state index in [4.69, 9.17) is 9.47 Å². The molecule has 2 aromatic rings. The van der Waals surface area contributed by atoms with E-state index in [-0.39, 0.29) is 78.6 Å². The van der Waals surface area contributed by atoms with Crippen LogP contribution < -0.4 is 26.6 Å². The third-order valence-electron chi connectivity index (χ3n) is 16.5. The first-order valence-electron chi connectivity index (χ1n) is 27.6. The monoisotopic (exact) mass is 1050 g/mol. The summed E-state index contributed by atoms with van der Waals surface area (Å²) in [5, 5.41) is 15.5. The molecule has 18 nitrogen and oxygen atoms in total. The second-order valence-corrected chi connectivity index (χ2v) is 21.9. The lowest BCUT2D eigenvalue weighted by Gasteiger charge is -2.41. The average Bonchev–Trinajstić information content (AvgIpc) is 4.21. The van der Waals surface area contributed by atoms with Crippen LogP contribution in [-0.2, 0) is 60.8 Å². The second-order valence-electron chi connectivity index (χ2n) is 21.9. The van der Waals surface area contributed by atoms with E-state index < -0.39 is 54.1 Å². The Balaban J connectivity index is 1.04. The molecule has 3 heterocycles. The summed E-state index contributed by atoms with van der Waals surface area (Å²) in [6.07, 6.45) is 7.61. The smallest absolute Gasteiger partial charge is 0.253 e. The number of nitrogens with zero attached hydrogens (tertiary/aromatic N) is 3. The number of hydrogen-bond donors (Lipinski definition) is 5. The number of ether oxygens (including phenoxy) is 2. The van der Waals surface area contributed by atoms with Crippen molar-refractivity contribution in [3.05, 3.63) is 77.9 Å². The molecule has 4 aliphatic rings. The zero-order chi connectivity index (χ0) is 55.2. The number of likely N-dealkylation sites (N-methyl/N-ethyl adjacent to an activating group) is 1. The summed E-state index contributed by atoms with van der Waals surface area (Å²) in [5.74, 6) is -2.52. The van der Waals surface area contributed by atoms with E-state index in [1.807, 2.05) is 58.0 Å². The predicted molar refractivity (Wildman–Crippen MR) is 289 cm³/mol. The Bertz CT molecular complexity index is 2350. The number of amides is 8. The molecule has 2 aromatic carbocycles. The van der Waals surface area contributed by atoms with Gasteiger partial charge in [-0.3, -0.25) is 43.3 Å². The predicted octanol–water partition coefficient (Wildman–Crippen LogP) is 4.90. The van der Waals surface area contributed by atoms with Crippen LogP contribution in [0, 0.1) is 29.6 Å². The standard InChI is InChI=1S/C58H84N8O10/c1-10-36(4)53(64(7)58(74)51(35(2)3)63-57(73)52-42-26-27-43(61-52)37(42)5)46(75-8)33-50(70)65-31-17-20-45(65)54(76-9)38(6)55(71)62-44(32-39-18-13-11-14-19-39)56(72)60-41-24-22-40(23-25-41)34-59-47(67)21-15-12-16-30-66-48(68)28-29-49(66)69/h11,13-14,18-19,22-25,28-29,35-38,42-46,51-54,61H,10,12,15-17,20-21,26-27,30-34H2,1-9H3,(H,59,67)(H,60,72)(H,62,71)(H,63,73)/t36-,37-,38+,42-,43-,44-,45-,46+,51-,52-,53-,54+/m0/s1. The maximum absolute atomic E-state index is 14.5. The molecule has 1 saturated carbocycles. The summed E-state index contributed by atoms with van der Waals surface area (Å²) in [4.78, 5) is 112. The van der Waals surface area contributed by atoms with Crippen LogP contribution in [0.1, 0.15) is 117 Å². The van der Waals surface area contributed by atoms with Gasteiger partial charge < -0.3 is 45.9 Å². The van der Waals surface area contributed by atoms with Crippen LogP contribution >= 0.6 is 0 Å². The summed E-state index contributed by atoms with van der Waals surface area (Å²) in [7, 11) is 4.82. The number of anilines is 1. The van der Waals surface area contributed by atoms with E-state index in [1.165, 1.54) is 24.2 Å². The third-order valence-corrected chi connectivity index (χ3v) is 16.5. The number of hydrogen-bond acceptors (Lipinski definition) is 11. The van der Waals surface area contributed by atoms with Crippen molar-refractivity contribution in [1.82, 2.24) is 36.0 Å². The molecule has 2 bridgehead atoms. The number of methoxy groups -OCH3 is 2. The van der Waals surface area contributed by atoms with Crippen LogP contribution in [0.25, 0.3) is 0 Å². The van der Waals surface area contributed by atoms with Gasteiger partial charge in [0.1, 0.15) is 12.1 Å². The number of imide groups is 1. The van der Waals surface area contributed by atoms with Crippen molar-refractivity contribution in [2.45, 2.75) is 167 Å². The van der Waals surface area contributed by atoms with Gasteiger partial charge in [-0.15, -0.1) is 0 Å². The van der Waals surface area contributed by atoms with Crippen LogP contribution in [-0.4, -0.2) is 145 Å². The highest BCUT2D eigenvalue weighted by molar-refractivity contribution is 6.12. The fraction of sp³-hybridized carbons (Fsp3) is 0.621. The van der Waals surface area contributed by atoms with E-state index in [9.17, 15) is 38.4 Å². The molecule has 6 rings (SSSR count). The molecule has 76 heavy (non-hydrogen) atoms. The Labute approximate surface area is 449 Å². The van der Waals surface area contributed by atoms with Crippen molar-refractivity contribution in [3.8, 4) is 0 Å².